The summed E-state index contributed by atoms with van der Waals surface area (Å²) in [6.45, 7) is 7.59. The van der Waals surface area contributed by atoms with Gasteiger partial charge in [0.15, 0.2) is 0 Å². The van der Waals surface area contributed by atoms with Crippen molar-refractivity contribution in [3.8, 4) is 0 Å². The second-order valence-corrected chi connectivity index (χ2v) is 6.07. The maximum atomic E-state index is 12.0. The minimum absolute atomic E-state index is 0.110. The second-order valence-electron chi connectivity index (χ2n) is 6.07. The van der Waals surface area contributed by atoms with Crippen LogP contribution in [0.5, 0.6) is 0 Å². The van der Waals surface area contributed by atoms with Gasteiger partial charge in [0.25, 0.3) is 0 Å². The summed E-state index contributed by atoms with van der Waals surface area (Å²) in [6, 6.07) is 0.197. The summed E-state index contributed by atoms with van der Waals surface area (Å²) in [5.74, 6) is 0.996. The molecule has 19 heavy (non-hydrogen) atoms. The summed E-state index contributed by atoms with van der Waals surface area (Å²) in [6.07, 6.45) is 7.23. The van der Waals surface area contributed by atoms with E-state index >= 15 is 0 Å². The van der Waals surface area contributed by atoms with E-state index in [9.17, 15) is 4.79 Å². The number of nitrogens with zero attached hydrogens (tertiary/aromatic N) is 3. The number of piperidine rings is 1. The predicted octanol–water partition coefficient (Wildman–Crippen LogP) is 1.61. The zero-order valence-electron chi connectivity index (χ0n) is 11.9. The SMILES string of the molecule is CC(C)(C)C(=O)NC1CCCN(c2cnccn2)C1. The smallest absolute Gasteiger partial charge is 0.225 e. The maximum absolute atomic E-state index is 12.0. The third kappa shape index (κ3) is 3.66. The van der Waals surface area contributed by atoms with Crippen molar-refractivity contribution in [3.05, 3.63) is 18.6 Å². The molecule has 2 heterocycles. The van der Waals surface area contributed by atoms with Crippen molar-refractivity contribution in [2.45, 2.75) is 39.7 Å². The maximum Gasteiger partial charge on any atom is 0.225 e. The molecule has 1 saturated heterocycles. The average molecular weight is 262 g/mol. The number of hydrogen-bond donors (Lipinski definition) is 1. The summed E-state index contributed by atoms with van der Waals surface area (Å²) in [4.78, 5) is 22.6. The van der Waals surface area contributed by atoms with Gasteiger partial charge >= 0.3 is 0 Å². The molecular formula is C14H22N4O. The van der Waals surface area contributed by atoms with Gasteiger partial charge in [-0.25, -0.2) is 4.98 Å². The van der Waals surface area contributed by atoms with E-state index in [1.54, 1.807) is 18.6 Å². The zero-order valence-corrected chi connectivity index (χ0v) is 11.9. The highest BCUT2D eigenvalue weighted by molar-refractivity contribution is 5.81. The molecule has 5 nitrogen and oxygen atoms in total. The number of aromatic nitrogens is 2. The van der Waals surface area contributed by atoms with E-state index in [2.05, 4.69) is 20.2 Å². The van der Waals surface area contributed by atoms with E-state index in [4.69, 9.17) is 0 Å². The molecule has 0 bridgehead atoms. The third-order valence-corrected chi connectivity index (χ3v) is 3.31. The molecule has 1 atom stereocenters. The van der Waals surface area contributed by atoms with Crippen LogP contribution in [0.25, 0.3) is 0 Å². The Balaban J connectivity index is 1.96. The van der Waals surface area contributed by atoms with E-state index in [1.807, 2.05) is 20.8 Å². The zero-order chi connectivity index (χ0) is 13.9. The number of amides is 1. The van der Waals surface area contributed by atoms with Gasteiger partial charge in [0, 0.05) is 36.9 Å². The first-order valence-corrected chi connectivity index (χ1v) is 6.79. The largest absolute Gasteiger partial charge is 0.353 e. The molecule has 0 saturated carbocycles. The van der Waals surface area contributed by atoms with Crippen LogP contribution in [0.1, 0.15) is 33.6 Å². The average Bonchev–Trinajstić information content (AvgIpc) is 2.39. The quantitative estimate of drug-likeness (QED) is 0.879. The minimum atomic E-state index is -0.338. The van der Waals surface area contributed by atoms with E-state index in [0.29, 0.717) is 0 Å². The number of anilines is 1. The van der Waals surface area contributed by atoms with Crippen LogP contribution in [0.2, 0.25) is 0 Å². The van der Waals surface area contributed by atoms with Crippen molar-refractivity contribution in [1.29, 1.82) is 0 Å². The van der Waals surface area contributed by atoms with Crippen LogP contribution in [-0.4, -0.2) is 35.0 Å². The summed E-state index contributed by atoms with van der Waals surface area (Å²) in [5.41, 5.74) is -0.338. The molecule has 1 aliphatic rings. The van der Waals surface area contributed by atoms with Gasteiger partial charge in [0.05, 0.1) is 6.20 Å². The van der Waals surface area contributed by atoms with Crippen LogP contribution in [0.15, 0.2) is 18.6 Å². The molecular weight excluding hydrogens is 240 g/mol. The van der Waals surface area contributed by atoms with Crippen LogP contribution in [0, 0.1) is 5.41 Å². The summed E-state index contributed by atoms with van der Waals surface area (Å²) >= 11 is 0. The Morgan fingerprint density at radius 3 is 2.84 bits per heavy atom. The van der Waals surface area contributed by atoms with Gasteiger partial charge in [-0.2, -0.15) is 0 Å². The first kappa shape index (κ1) is 13.8. The summed E-state index contributed by atoms with van der Waals surface area (Å²) in [7, 11) is 0. The Morgan fingerprint density at radius 1 is 1.42 bits per heavy atom. The molecule has 1 aromatic heterocycles. The predicted molar refractivity (Wildman–Crippen MR) is 74.9 cm³/mol. The van der Waals surface area contributed by atoms with Crippen LogP contribution < -0.4 is 10.2 Å². The van der Waals surface area contributed by atoms with Gasteiger partial charge < -0.3 is 10.2 Å². The Labute approximate surface area is 114 Å². The Bertz CT molecular complexity index is 427. The molecule has 0 aromatic carbocycles. The molecule has 1 aromatic rings. The van der Waals surface area contributed by atoms with Crippen molar-refractivity contribution >= 4 is 11.7 Å². The first-order valence-electron chi connectivity index (χ1n) is 6.79. The lowest BCUT2D eigenvalue weighted by Crippen LogP contribution is -2.50. The van der Waals surface area contributed by atoms with Gasteiger partial charge in [-0.1, -0.05) is 20.8 Å². The minimum Gasteiger partial charge on any atom is -0.353 e. The number of rotatable bonds is 2. The van der Waals surface area contributed by atoms with Gasteiger partial charge in [-0.3, -0.25) is 9.78 Å². The molecule has 1 unspecified atom stereocenters. The molecule has 2 rings (SSSR count). The van der Waals surface area contributed by atoms with Crippen molar-refractivity contribution in [3.63, 3.8) is 0 Å². The lowest BCUT2D eigenvalue weighted by atomic mass is 9.94. The third-order valence-electron chi connectivity index (χ3n) is 3.31. The Morgan fingerprint density at radius 2 is 2.21 bits per heavy atom. The fourth-order valence-corrected chi connectivity index (χ4v) is 2.16. The van der Waals surface area contributed by atoms with Crippen LogP contribution >= 0.6 is 0 Å². The number of carbonyl (C=O) groups excluding carboxylic acids is 1. The van der Waals surface area contributed by atoms with E-state index in [1.165, 1.54) is 0 Å². The van der Waals surface area contributed by atoms with Crippen LogP contribution in [-0.2, 0) is 4.79 Å². The standard InChI is InChI=1S/C14H22N4O/c1-14(2,3)13(19)17-11-5-4-8-18(10-11)12-9-15-6-7-16-12/h6-7,9,11H,4-5,8,10H2,1-3H3,(H,17,19). The second kappa shape index (κ2) is 5.55. The molecule has 0 aliphatic carbocycles. The molecule has 1 amide bonds. The van der Waals surface area contributed by atoms with Crippen molar-refractivity contribution < 1.29 is 4.79 Å². The Hall–Kier alpha value is -1.65. The fourth-order valence-electron chi connectivity index (χ4n) is 2.16. The normalized spacial score (nSPS) is 20.2. The van der Waals surface area contributed by atoms with Gasteiger partial charge in [0.2, 0.25) is 5.91 Å². The number of nitrogens with one attached hydrogen (secondary N) is 1. The molecule has 5 heteroatoms. The van der Waals surface area contributed by atoms with E-state index in [0.717, 1.165) is 31.7 Å². The highest BCUT2D eigenvalue weighted by atomic mass is 16.2. The summed E-state index contributed by atoms with van der Waals surface area (Å²) in [5, 5.41) is 3.13. The molecule has 0 spiro atoms. The highest BCUT2D eigenvalue weighted by Crippen LogP contribution is 2.18. The van der Waals surface area contributed by atoms with E-state index < -0.39 is 0 Å². The van der Waals surface area contributed by atoms with Crippen molar-refractivity contribution in [1.82, 2.24) is 15.3 Å². The monoisotopic (exact) mass is 262 g/mol. The molecule has 104 valence electrons. The topological polar surface area (TPSA) is 58.1 Å². The van der Waals surface area contributed by atoms with Gasteiger partial charge in [-0.15, -0.1) is 0 Å². The molecule has 0 radical (unpaired) electrons. The lowest BCUT2D eigenvalue weighted by molar-refractivity contribution is -0.129. The van der Waals surface area contributed by atoms with Crippen LogP contribution in [0.3, 0.4) is 0 Å². The Kier molecular flexibility index (Phi) is 4.02. The molecule has 1 aliphatic heterocycles. The van der Waals surface area contributed by atoms with Crippen molar-refractivity contribution in [2.75, 3.05) is 18.0 Å². The first-order chi connectivity index (χ1) is 8.97. The molecule has 1 fully saturated rings. The summed E-state index contributed by atoms with van der Waals surface area (Å²) < 4.78 is 0. The number of carbonyl (C=O) groups is 1. The highest BCUT2D eigenvalue weighted by Gasteiger charge is 2.27. The lowest BCUT2D eigenvalue weighted by Gasteiger charge is -2.35. The van der Waals surface area contributed by atoms with Gasteiger partial charge in [-0.05, 0) is 12.8 Å². The fraction of sp³-hybridized carbons (Fsp3) is 0.643. The van der Waals surface area contributed by atoms with Crippen molar-refractivity contribution in [2.24, 2.45) is 5.41 Å². The van der Waals surface area contributed by atoms with Gasteiger partial charge in [0.1, 0.15) is 5.82 Å². The number of hydrogen-bond acceptors (Lipinski definition) is 4. The molecule has 1 N–H and O–H groups in total. The van der Waals surface area contributed by atoms with E-state index in [-0.39, 0.29) is 17.4 Å². The van der Waals surface area contributed by atoms with Crippen LogP contribution in [0.4, 0.5) is 5.82 Å².